The molecule has 0 saturated carbocycles. The lowest BCUT2D eigenvalue weighted by Crippen LogP contribution is -2.51. The van der Waals surface area contributed by atoms with Gasteiger partial charge in [0.25, 0.3) is 0 Å². The van der Waals surface area contributed by atoms with Crippen molar-refractivity contribution in [2.75, 3.05) is 23.4 Å². The predicted octanol–water partition coefficient (Wildman–Crippen LogP) is 1.10. The highest BCUT2D eigenvalue weighted by Gasteiger charge is 2.31. The molecule has 0 radical (unpaired) electrons. The Morgan fingerprint density at radius 3 is 2.80 bits per heavy atom. The van der Waals surface area contributed by atoms with Crippen molar-refractivity contribution in [1.29, 1.82) is 0 Å². The highest BCUT2D eigenvalue weighted by Crippen LogP contribution is 2.24. The number of anilines is 1. The van der Waals surface area contributed by atoms with E-state index in [-0.39, 0.29) is 28.6 Å². The summed E-state index contributed by atoms with van der Waals surface area (Å²) in [7, 11) is -3.10. The number of carbonyl (C=O) groups excluding carboxylic acids is 1. The quantitative estimate of drug-likeness (QED) is 0.849. The minimum Gasteiger partial charge on any atom is -0.478 e. The number of hydrogen-bond donors (Lipinski definition) is 2. The summed E-state index contributed by atoms with van der Waals surface area (Å²) in [4.78, 5) is 24.5. The summed E-state index contributed by atoms with van der Waals surface area (Å²) < 4.78 is 22.9. The number of aromatic carboxylic acids is 1. The van der Waals surface area contributed by atoms with Crippen molar-refractivity contribution in [3.63, 3.8) is 0 Å². The van der Waals surface area contributed by atoms with Gasteiger partial charge in [0, 0.05) is 12.6 Å². The lowest BCUT2D eigenvalue weighted by atomic mass is 10.3. The summed E-state index contributed by atoms with van der Waals surface area (Å²) in [5.41, 5.74) is 0.0284. The molecule has 0 bridgehead atoms. The molecule has 1 aliphatic heterocycles. The van der Waals surface area contributed by atoms with Crippen molar-refractivity contribution in [3.05, 3.63) is 17.0 Å². The first kappa shape index (κ1) is 14.8. The van der Waals surface area contributed by atoms with Crippen molar-refractivity contribution < 1.29 is 23.1 Å². The molecule has 110 valence electrons. The fourth-order valence-corrected chi connectivity index (χ4v) is 4.37. The van der Waals surface area contributed by atoms with Crippen molar-refractivity contribution in [1.82, 2.24) is 4.90 Å². The van der Waals surface area contributed by atoms with Crippen molar-refractivity contribution >= 4 is 38.2 Å². The molecule has 1 fully saturated rings. The van der Waals surface area contributed by atoms with Crippen LogP contribution in [0.1, 0.15) is 17.3 Å². The van der Waals surface area contributed by atoms with E-state index in [1.54, 1.807) is 12.3 Å². The Morgan fingerprint density at radius 2 is 2.20 bits per heavy atom. The molecule has 1 saturated heterocycles. The van der Waals surface area contributed by atoms with Crippen LogP contribution < -0.4 is 5.32 Å². The molecule has 1 aromatic heterocycles. The molecule has 2 N–H and O–H groups in total. The largest absolute Gasteiger partial charge is 0.478 e. The normalized spacial score (nSPS) is 21.4. The Hall–Kier alpha value is -1.61. The van der Waals surface area contributed by atoms with Gasteiger partial charge in [0.2, 0.25) is 0 Å². The van der Waals surface area contributed by atoms with Gasteiger partial charge in [-0.05, 0) is 18.4 Å². The number of amides is 2. The van der Waals surface area contributed by atoms with Gasteiger partial charge in [-0.3, -0.25) is 5.32 Å². The minimum atomic E-state index is -3.10. The van der Waals surface area contributed by atoms with Crippen LogP contribution in [0.2, 0.25) is 0 Å². The van der Waals surface area contributed by atoms with Gasteiger partial charge in [0.05, 0.1) is 17.1 Å². The fraction of sp³-hybridized carbons (Fsp3) is 0.455. The van der Waals surface area contributed by atoms with Crippen LogP contribution in [0.3, 0.4) is 0 Å². The average Bonchev–Trinajstić information content (AvgIpc) is 2.75. The molecule has 7 nitrogen and oxygen atoms in total. The van der Waals surface area contributed by atoms with Crippen LogP contribution in [0, 0.1) is 0 Å². The van der Waals surface area contributed by atoms with E-state index < -0.39 is 27.9 Å². The van der Waals surface area contributed by atoms with Crippen molar-refractivity contribution in [3.8, 4) is 0 Å². The van der Waals surface area contributed by atoms with Crippen LogP contribution in [0.4, 0.5) is 9.80 Å². The van der Waals surface area contributed by atoms with E-state index in [1.807, 2.05) is 0 Å². The highest BCUT2D eigenvalue weighted by atomic mass is 32.2. The Kier molecular flexibility index (Phi) is 4.00. The number of nitrogens with zero attached hydrogens (tertiary/aromatic N) is 1. The number of carboxylic acids is 1. The molecule has 0 aliphatic carbocycles. The number of urea groups is 1. The van der Waals surface area contributed by atoms with E-state index in [9.17, 15) is 18.0 Å². The smallest absolute Gasteiger partial charge is 0.338 e. The van der Waals surface area contributed by atoms with Gasteiger partial charge in [0.15, 0.2) is 9.84 Å². The van der Waals surface area contributed by atoms with Crippen LogP contribution in [0.25, 0.3) is 0 Å². The molecular formula is C11H14N2O5S2. The van der Waals surface area contributed by atoms with E-state index in [0.29, 0.717) is 0 Å². The summed E-state index contributed by atoms with van der Waals surface area (Å²) in [5, 5.41) is 13.3. The second kappa shape index (κ2) is 5.41. The number of rotatable bonds is 2. The van der Waals surface area contributed by atoms with E-state index >= 15 is 0 Å². The second-order valence-corrected chi connectivity index (χ2v) is 7.70. The van der Waals surface area contributed by atoms with E-state index in [0.717, 1.165) is 11.3 Å². The Morgan fingerprint density at radius 1 is 1.50 bits per heavy atom. The molecule has 2 heterocycles. The summed E-state index contributed by atoms with van der Waals surface area (Å²) in [6, 6.07) is 0.506. The maximum absolute atomic E-state index is 12.1. The van der Waals surface area contributed by atoms with Crippen molar-refractivity contribution in [2.45, 2.75) is 13.0 Å². The molecule has 1 atom stereocenters. The summed E-state index contributed by atoms with van der Waals surface area (Å²) >= 11 is 1.11. The second-order valence-electron chi connectivity index (χ2n) is 4.56. The summed E-state index contributed by atoms with van der Waals surface area (Å²) in [5.74, 6) is -1.26. The summed E-state index contributed by atoms with van der Waals surface area (Å²) in [6.45, 7) is 1.77. The molecule has 1 unspecified atom stereocenters. The monoisotopic (exact) mass is 318 g/mol. The first-order chi connectivity index (χ1) is 9.30. The lowest BCUT2D eigenvalue weighted by Gasteiger charge is -2.32. The zero-order valence-corrected chi connectivity index (χ0v) is 12.3. The van der Waals surface area contributed by atoms with Gasteiger partial charge in [-0.2, -0.15) is 0 Å². The summed E-state index contributed by atoms with van der Waals surface area (Å²) in [6.07, 6.45) is 0. The van der Waals surface area contributed by atoms with E-state index in [2.05, 4.69) is 5.32 Å². The third-order valence-corrected chi connectivity index (χ3v) is 5.67. The van der Waals surface area contributed by atoms with Gasteiger partial charge in [-0.1, -0.05) is 0 Å². The average molecular weight is 318 g/mol. The molecule has 0 spiro atoms. The first-order valence-electron chi connectivity index (χ1n) is 5.89. The molecule has 1 aliphatic rings. The maximum Gasteiger partial charge on any atom is 0.338 e. The molecule has 9 heteroatoms. The minimum absolute atomic E-state index is 0.0284. The van der Waals surface area contributed by atoms with E-state index in [4.69, 9.17) is 5.11 Å². The molecule has 20 heavy (non-hydrogen) atoms. The molecule has 1 aromatic rings. The fourth-order valence-electron chi connectivity index (χ4n) is 2.04. The van der Waals surface area contributed by atoms with Crippen LogP contribution >= 0.6 is 11.3 Å². The molecule has 2 rings (SSSR count). The Labute approximate surface area is 120 Å². The molecule has 2 amide bonds. The Balaban J connectivity index is 2.09. The predicted molar refractivity (Wildman–Crippen MR) is 75.1 cm³/mol. The standard InChI is InChI=1S/C11H14N2O5S2/c1-7-6-20(17,18)5-3-13(7)11(16)12-9-8(10(14)15)2-4-19-9/h2,4,7H,3,5-6H2,1H3,(H,12,16)(H,14,15). The maximum atomic E-state index is 12.1. The number of carbonyl (C=O) groups is 2. The number of thiophene rings is 1. The van der Waals surface area contributed by atoms with Crippen LogP contribution in [0.15, 0.2) is 11.4 Å². The van der Waals surface area contributed by atoms with Crippen molar-refractivity contribution in [2.24, 2.45) is 0 Å². The molecular weight excluding hydrogens is 304 g/mol. The van der Waals surface area contributed by atoms with Gasteiger partial charge < -0.3 is 10.0 Å². The zero-order valence-electron chi connectivity index (χ0n) is 10.7. The first-order valence-corrected chi connectivity index (χ1v) is 8.59. The number of nitrogens with one attached hydrogen (secondary N) is 1. The molecule has 0 aromatic carbocycles. The van der Waals surface area contributed by atoms with Crippen LogP contribution in [-0.2, 0) is 9.84 Å². The number of hydrogen-bond acceptors (Lipinski definition) is 5. The topological polar surface area (TPSA) is 104 Å². The van der Waals surface area contributed by atoms with Gasteiger partial charge >= 0.3 is 12.0 Å². The highest BCUT2D eigenvalue weighted by molar-refractivity contribution is 7.91. The third kappa shape index (κ3) is 3.10. The lowest BCUT2D eigenvalue weighted by molar-refractivity contribution is 0.0698. The van der Waals surface area contributed by atoms with Gasteiger partial charge in [0.1, 0.15) is 5.00 Å². The van der Waals surface area contributed by atoms with Crippen LogP contribution in [0.5, 0.6) is 0 Å². The van der Waals surface area contributed by atoms with Crippen LogP contribution in [-0.4, -0.2) is 54.5 Å². The number of sulfone groups is 1. The Bertz CT molecular complexity index is 637. The zero-order chi connectivity index (χ0) is 14.9. The van der Waals surface area contributed by atoms with E-state index in [1.165, 1.54) is 11.0 Å². The third-order valence-electron chi connectivity index (χ3n) is 3.05. The SMILES string of the molecule is CC1CS(=O)(=O)CCN1C(=O)Nc1sccc1C(=O)O. The number of carboxylic acid groups (broad SMARTS) is 1. The van der Waals surface area contributed by atoms with Gasteiger partial charge in [-0.25, -0.2) is 18.0 Å². The van der Waals surface area contributed by atoms with Gasteiger partial charge in [-0.15, -0.1) is 11.3 Å².